The summed E-state index contributed by atoms with van der Waals surface area (Å²) in [6, 6.07) is 10.3. The molecule has 11 heavy (non-hydrogen) atoms. The molecule has 0 bridgehead atoms. The molecular formula is C11H18. The van der Waals surface area contributed by atoms with Crippen molar-refractivity contribution in [2.45, 2.75) is 21.3 Å². The van der Waals surface area contributed by atoms with E-state index in [-0.39, 0.29) is 7.43 Å². The molecular weight excluding hydrogens is 132 g/mol. The normalized spacial score (nSPS) is 6.73. The summed E-state index contributed by atoms with van der Waals surface area (Å²) >= 11 is 0. The Bertz CT molecular complexity index is 163. The Balaban J connectivity index is 0. The van der Waals surface area contributed by atoms with Crippen LogP contribution in [0.4, 0.5) is 0 Å². The van der Waals surface area contributed by atoms with Gasteiger partial charge in [0.25, 0.3) is 0 Å². The smallest absolute Gasteiger partial charge is 0.0398 e. The summed E-state index contributed by atoms with van der Waals surface area (Å²) in [6.07, 6.45) is 1.75. The van der Waals surface area contributed by atoms with Crippen LogP contribution in [0, 0.1) is 6.92 Å². The highest BCUT2D eigenvalue weighted by Crippen LogP contribution is 1.92. The molecule has 0 saturated heterocycles. The Morgan fingerprint density at radius 3 is 1.73 bits per heavy atom. The van der Waals surface area contributed by atoms with Gasteiger partial charge in [0.05, 0.1) is 0 Å². The van der Waals surface area contributed by atoms with Gasteiger partial charge in [-0.3, -0.25) is 0 Å². The molecule has 0 radical (unpaired) electrons. The SMILES string of the molecule is C.C=CC.Cc1ccccc1. The third-order valence-electron chi connectivity index (χ3n) is 0.940. The molecule has 0 aliphatic heterocycles. The molecule has 0 amide bonds. The molecule has 0 atom stereocenters. The first-order valence-corrected chi connectivity index (χ1v) is 3.40. The Morgan fingerprint density at radius 2 is 1.55 bits per heavy atom. The van der Waals surface area contributed by atoms with Gasteiger partial charge in [-0.2, -0.15) is 0 Å². The van der Waals surface area contributed by atoms with Crippen LogP contribution in [-0.4, -0.2) is 0 Å². The molecule has 0 N–H and O–H groups in total. The molecule has 1 aromatic carbocycles. The molecule has 0 nitrogen and oxygen atoms in total. The molecule has 1 rings (SSSR count). The van der Waals surface area contributed by atoms with Gasteiger partial charge in [0.2, 0.25) is 0 Å². The van der Waals surface area contributed by atoms with Crippen molar-refractivity contribution in [2.75, 3.05) is 0 Å². The van der Waals surface area contributed by atoms with E-state index in [0.717, 1.165) is 0 Å². The van der Waals surface area contributed by atoms with Gasteiger partial charge in [-0.1, -0.05) is 49.4 Å². The number of benzene rings is 1. The van der Waals surface area contributed by atoms with Crippen molar-refractivity contribution in [2.24, 2.45) is 0 Å². The summed E-state index contributed by atoms with van der Waals surface area (Å²) in [5.74, 6) is 0. The van der Waals surface area contributed by atoms with Crippen LogP contribution in [0.25, 0.3) is 0 Å². The molecule has 1 aromatic rings. The van der Waals surface area contributed by atoms with E-state index in [0.29, 0.717) is 0 Å². The molecule has 0 spiro atoms. The average molecular weight is 150 g/mol. The Hall–Kier alpha value is -1.04. The molecule has 0 saturated carbocycles. The van der Waals surface area contributed by atoms with Gasteiger partial charge in [0, 0.05) is 0 Å². The van der Waals surface area contributed by atoms with Crippen molar-refractivity contribution in [3.8, 4) is 0 Å². The zero-order chi connectivity index (χ0) is 7.82. The van der Waals surface area contributed by atoms with Crippen molar-refractivity contribution < 1.29 is 0 Å². The van der Waals surface area contributed by atoms with Crippen molar-refractivity contribution in [3.63, 3.8) is 0 Å². The first-order chi connectivity index (χ1) is 4.81. The van der Waals surface area contributed by atoms with Gasteiger partial charge in [-0.25, -0.2) is 0 Å². The predicted octanol–water partition coefficient (Wildman–Crippen LogP) is 3.82. The molecule has 0 aliphatic rings. The van der Waals surface area contributed by atoms with E-state index in [4.69, 9.17) is 0 Å². The fraction of sp³-hybridized carbons (Fsp3) is 0.273. The Kier molecular flexibility index (Phi) is 10.3. The monoisotopic (exact) mass is 150 g/mol. The molecule has 0 unspecified atom stereocenters. The van der Waals surface area contributed by atoms with E-state index in [1.165, 1.54) is 5.56 Å². The number of hydrogen-bond donors (Lipinski definition) is 0. The summed E-state index contributed by atoms with van der Waals surface area (Å²) in [6.45, 7) is 7.33. The standard InChI is InChI=1S/C7H8.C3H6.CH4/c1-7-5-3-2-4-6-7;1-3-2;/h2-6H,1H3;3H,1H2,2H3;1H4. The van der Waals surface area contributed by atoms with Crippen molar-refractivity contribution in [1.82, 2.24) is 0 Å². The second kappa shape index (κ2) is 8.96. The lowest BCUT2D eigenvalue weighted by Crippen LogP contribution is -1.62. The lowest BCUT2D eigenvalue weighted by atomic mass is 10.2. The minimum atomic E-state index is 0. The third kappa shape index (κ3) is 8.96. The number of hydrogen-bond acceptors (Lipinski definition) is 0. The summed E-state index contributed by atoms with van der Waals surface area (Å²) in [7, 11) is 0. The third-order valence-corrected chi connectivity index (χ3v) is 0.940. The molecule has 0 aliphatic carbocycles. The van der Waals surface area contributed by atoms with Crippen LogP contribution < -0.4 is 0 Å². The van der Waals surface area contributed by atoms with Gasteiger partial charge < -0.3 is 0 Å². The first-order valence-electron chi connectivity index (χ1n) is 3.40. The second-order valence-corrected chi connectivity index (χ2v) is 2.06. The highest BCUT2D eigenvalue weighted by atomic mass is 13.8. The quantitative estimate of drug-likeness (QED) is 0.493. The fourth-order valence-electron chi connectivity index (χ4n) is 0.534. The molecule has 0 heterocycles. The van der Waals surface area contributed by atoms with Crippen molar-refractivity contribution in [3.05, 3.63) is 48.6 Å². The van der Waals surface area contributed by atoms with Gasteiger partial charge >= 0.3 is 0 Å². The van der Waals surface area contributed by atoms with Crippen molar-refractivity contribution >= 4 is 0 Å². The van der Waals surface area contributed by atoms with E-state index in [1.807, 2.05) is 25.1 Å². The van der Waals surface area contributed by atoms with Gasteiger partial charge in [-0.15, -0.1) is 6.58 Å². The summed E-state index contributed by atoms with van der Waals surface area (Å²) in [5, 5.41) is 0. The van der Waals surface area contributed by atoms with E-state index in [1.54, 1.807) is 6.08 Å². The van der Waals surface area contributed by atoms with Crippen LogP contribution in [0.2, 0.25) is 0 Å². The van der Waals surface area contributed by atoms with E-state index in [9.17, 15) is 0 Å². The fourth-order valence-corrected chi connectivity index (χ4v) is 0.534. The van der Waals surface area contributed by atoms with Crippen LogP contribution in [0.1, 0.15) is 19.9 Å². The maximum Gasteiger partial charge on any atom is -0.0398 e. The summed E-state index contributed by atoms with van der Waals surface area (Å²) < 4.78 is 0. The van der Waals surface area contributed by atoms with Gasteiger partial charge in [0.1, 0.15) is 0 Å². The molecule has 0 aromatic heterocycles. The van der Waals surface area contributed by atoms with Gasteiger partial charge in [-0.05, 0) is 13.8 Å². The largest absolute Gasteiger partial charge is 0.103 e. The Morgan fingerprint density at radius 1 is 1.18 bits per heavy atom. The topological polar surface area (TPSA) is 0 Å². The van der Waals surface area contributed by atoms with Crippen LogP contribution in [0.3, 0.4) is 0 Å². The minimum Gasteiger partial charge on any atom is -0.103 e. The van der Waals surface area contributed by atoms with E-state index < -0.39 is 0 Å². The van der Waals surface area contributed by atoms with Crippen LogP contribution in [0.5, 0.6) is 0 Å². The minimum absolute atomic E-state index is 0. The summed E-state index contributed by atoms with van der Waals surface area (Å²) in [4.78, 5) is 0. The maximum atomic E-state index is 3.36. The van der Waals surface area contributed by atoms with E-state index in [2.05, 4.69) is 25.6 Å². The maximum absolute atomic E-state index is 3.36. The highest BCUT2D eigenvalue weighted by molar-refractivity contribution is 5.11. The molecule has 62 valence electrons. The number of rotatable bonds is 0. The zero-order valence-electron chi connectivity index (χ0n) is 6.67. The van der Waals surface area contributed by atoms with Gasteiger partial charge in [0.15, 0.2) is 0 Å². The van der Waals surface area contributed by atoms with Crippen LogP contribution in [-0.2, 0) is 0 Å². The average Bonchev–Trinajstić information content (AvgIpc) is 1.91. The Labute approximate surface area is 70.6 Å². The number of aryl methyl sites for hydroxylation is 1. The lowest BCUT2D eigenvalue weighted by molar-refractivity contribution is 1.48. The van der Waals surface area contributed by atoms with Crippen LogP contribution in [0.15, 0.2) is 43.0 Å². The first kappa shape index (κ1) is 12.6. The molecule has 0 heteroatoms. The van der Waals surface area contributed by atoms with Crippen molar-refractivity contribution in [1.29, 1.82) is 0 Å². The van der Waals surface area contributed by atoms with Crippen LogP contribution >= 0.6 is 0 Å². The van der Waals surface area contributed by atoms with E-state index >= 15 is 0 Å². The summed E-state index contributed by atoms with van der Waals surface area (Å²) in [5.41, 5.74) is 1.32. The zero-order valence-corrected chi connectivity index (χ0v) is 6.67. The predicted molar refractivity (Wildman–Crippen MR) is 53.8 cm³/mol. The highest BCUT2D eigenvalue weighted by Gasteiger charge is 1.72. The second-order valence-electron chi connectivity index (χ2n) is 2.06. The lowest BCUT2D eigenvalue weighted by Gasteiger charge is -1.82. The molecule has 0 fully saturated rings. The number of allylic oxidation sites excluding steroid dienone is 1.